The third kappa shape index (κ3) is 3.51. The number of aliphatic hydroxyl groups is 1. The van der Waals surface area contributed by atoms with Crippen LogP contribution in [0.15, 0.2) is 36.7 Å². The van der Waals surface area contributed by atoms with Crippen LogP contribution >= 0.6 is 0 Å². The van der Waals surface area contributed by atoms with E-state index in [1.807, 2.05) is 6.07 Å². The molecule has 3 rings (SSSR count). The van der Waals surface area contributed by atoms with Crippen LogP contribution in [0.2, 0.25) is 0 Å². The van der Waals surface area contributed by atoms with Gasteiger partial charge in [0.2, 0.25) is 0 Å². The first kappa shape index (κ1) is 16.7. The van der Waals surface area contributed by atoms with E-state index in [0.29, 0.717) is 12.0 Å². The fraction of sp³-hybridized carbons (Fsp3) is 0.474. The zero-order chi connectivity index (χ0) is 17.1. The van der Waals surface area contributed by atoms with Crippen molar-refractivity contribution in [3.8, 4) is 0 Å². The lowest BCUT2D eigenvalue weighted by Crippen LogP contribution is -2.39. The molecule has 2 heterocycles. The minimum absolute atomic E-state index is 0.00717. The van der Waals surface area contributed by atoms with E-state index >= 15 is 0 Å². The van der Waals surface area contributed by atoms with E-state index in [1.54, 1.807) is 6.33 Å². The van der Waals surface area contributed by atoms with E-state index in [2.05, 4.69) is 65.2 Å². The molecule has 128 valence electrons. The van der Waals surface area contributed by atoms with E-state index in [4.69, 9.17) is 0 Å². The maximum absolute atomic E-state index is 9.51. The van der Waals surface area contributed by atoms with Crippen molar-refractivity contribution in [3.05, 3.63) is 47.8 Å². The van der Waals surface area contributed by atoms with Crippen molar-refractivity contribution in [1.82, 2.24) is 9.97 Å². The van der Waals surface area contributed by atoms with E-state index in [1.165, 1.54) is 11.1 Å². The summed E-state index contributed by atoms with van der Waals surface area (Å²) >= 11 is 0. The highest BCUT2D eigenvalue weighted by Crippen LogP contribution is 2.28. The summed E-state index contributed by atoms with van der Waals surface area (Å²) in [6, 6.07) is 11.0. The van der Waals surface area contributed by atoms with E-state index in [0.717, 1.165) is 24.6 Å². The van der Waals surface area contributed by atoms with E-state index in [-0.39, 0.29) is 12.6 Å². The monoisotopic (exact) mass is 326 g/mol. The summed E-state index contributed by atoms with van der Waals surface area (Å²) in [5.74, 6) is 2.02. The van der Waals surface area contributed by atoms with Gasteiger partial charge in [0.1, 0.15) is 18.0 Å². The molecule has 0 radical (unpaired) electrons. The summed E-state index contributed by atoms with van der Waals surface area (Å²) in [6.07, 6.45) is 2.62. The van der Waals surface area contributed by atoms with Crippen LogP contribution in [0.5, 0.6) is 0 Å². The Kier molecular flexibility index (Phi) is 5.00. The smallest absolute Gasteiger partial charge is 0.134 e. The minimum atomic E-state index is -0.00717. The molecule has 2 N–H and O–H groups in total. The number of hydrogen-bond acceptors (Lipinski definition) is 5. The SMILES string of the molecule is CC(C)[C@@H](CO)Nc1cc(N2Cc3ccccc3C[C@H]2C)ncn1. The molecule has 0 amide bonds. The predicted molar refractivity (Wildman–Crippen MR) is 97.2 cm³/mol. The Morgan fingerprint density at radius 1 is 1.25 bits per heavy atom. The molecule has 0 aliphatic carbocycles. The van der Waals surface area contributed by atoms with Crippen LogP contribution in [0.4, 0.5) is 11.6 Å². The quantitative estimate of drug-likeness (QED) is 0.885. The average Bonchev–Trinajstić information content (AvgIpc) is 2.59. The van der Waals surface area contributed by atoms with E-state index < -0.39 is 0 Å². The third-order valence-corrected chi connectivity index (χ3v) is 4.79. The second-order valence-corrected chi connectivity index (χ2v) is 6.89. The van der Waals surface area contributed by atoms with Gasteiger partial charge in [-0.2, -0.15) is 0 Å². The fourth-order valence-electron chi connectivity index (χ4n) is 3.18. The molecule has 5 heteroatoms. The highest BCUT2D eigenvalue weighted by Gasteiger charge is 2.24. The van der Waals surface area contributed by atoms with Gasteiger partial charge in [-0.1, -0.05) is 38.1 Å². The highest BCUT2D eigenvalue weighted by molar-refractivity contribution is 5.52. The maximum Gasteiger partial charge on any atom is 0.134 e. The first-order chi connectivity index (χ1) is 11.6. The Morgan fingerprint density at radius 2 is 2.00 bits per heavy atom. The Labute approximate surface area is 143 Å². The van der Waals surface area contributed by atoms with Crippen molar-refractivity contribution >= 4 is 11.6 Å². The van der Waals surface area contributed by atoms with Crippen molar-refractivity contribution in [1.29, 1.82) is 0 Å². The average molecular weight is 326 g/mol. The van der Waals surface area contributed by atoms with Crippen molar-refractivity contribution in [2.45, 2.75) is 45.8 Å². The molecule has 0 spiro atoms. The van der Waals surface area contributed by atoms with Crippen LogP contribution in [0, 0.1) is 5.92 Å². The zero-order valence-electron chi connectivity index (χ0n) is 14.6. The third-order valence-electron chi connectivity index (χ3n) is 4.79. The number of fused-ring (bicyclic) bond motifs is 1. The molecule has 2 atom stereocenters. The molecule has 1 aliphatic rings. The van der Waals surface area contributed by atoms with Crippen LogP contribution in [0.25, 0.3) is 0 Å². The van der Waals surface area contributed by atoms with Gasteiger partial charge in [0.25, 0.3) is 0 Å². The molecule has 1 aromatic carbocycles. The van der Waals surface area contributed by atoms with Crippen LogP contribution in [-0.4, -0.2) is 33.8 Å². The zero-order valence-corrected chi connectivity index (χ0v) is 14.6. The van der Waals surface area contributed by atoms with Gasteiger partial charge < -0.3 is 15.3 Å². The van der Waals surface area contributed by atoms with Gasteiger partial charge in [-0.05, 0) is 30.4 Å². The number of benzene rings is 1. The molecule has 1 aromatic heterocycles. The summed E-state index contributed by atoms with van der Waals surface area (Å²) in [5.41, 5.74) is 2.79. The molecule has 24 heavy (non-hydrogen) atoms. The normalized spacial score (nSPS) is 18.4. The number of anilines is 2. The number of nitrogens with zero attached hydrogens (tertiary/aromatic N) is 3. The molecule has 5 nitrogen and oxygen atoms in total. The summed E-state index contributed by atoms with van der Waals surface area (Å²) in [6.45, 7) is 7.35. The first-order valence-electron chi connectivity index (χ1n) is 8.61. The fourth-order valence-corrected chi connectivity index (χ4v) is 3.18. The van der Waals surface area contributed by atoms with Crippen LogP contribution in [0.1, 0.15) is 31.9 Å². The molecule has 2 aromatic rings. The Balaban J connectivity index is 1.81. The Morgan fingerprint density at radius 3 is 2.71 bits per heavy atom. The van der Waals surface area contributed by atoms with Crippen molar-refractivity contribution < 1.29 is 5.11 Å². The van der Waals surface area contributed by atoms with Gasteiger partial charge in [0.05, 0.1) is 12.6 Å². The molecule has 1 aliphatic heterocycles. The second kappa shape index (κ2) is 7.18. The lowest BCUT2D eigenvalue weighted by atomic mass is 9.95. The number of rotatable bonds is 5. The summed E-state index contributed by atoms with van der Waals surface area (Å²) in [5, 5.41) is 12.8. The summed E-state index contributed by atoms with van der Waals surface area (Å²) in [4.78, 5) is 11.1. The van der Waals surface area contributed by atoms with Crippen LogP contribution in [-0.2, 0) is 13.0 Å². The minimum Gasteiger partial charge on any atom is -0.394 e. The van der Waals surface area contributed by atoms with Crippen molar-refractivity contribution in [2.24, 2.45) is 5.92 Å². The molecule has 0 unspecified atom stereocenters. The van der Waals surface area contributed by atoms with Crippen molar-refractivity contribution in [3.63, 3.8) is 0 Å². The molecule has 0 saturated carbocycles. The van der Waals surface area contributed by atoms with Crippen LogP contribution in [0.3, 0.4) is 0 Å². The molecular formula is C19H26N4O. The summed E-state index contributed by atoms with van der Waals surface area (Å²) < 4.78 is 0. The van der Waals surface area contributed by atoms with Gasteiger partial charge >= 0.3 is 0 Å². The highest BCUT2D eigenvalue weighted by atomic mass is 16.3. The topological polar surface area (TPSA) is 61.3 Å². The summed E-state index contributed by atoms with van der Waals surface area (Å²) in [7, 11) is 0. The van der Waals surface area contributed by atoms with Gasteiger partial charge in [-0.25, -0.2) is 9.97 Å². The largest absolute Gasteiger partial charge is 0.394 e. The first-order valence-corrected chi connectivity index (χ1v) is 8.61. The molecular weight excluding hydrogens is 300 g/mol. The number of hydrogen-bond donors (Lipinski definition) is 2. The predicted octanol–water partition coefficient (Wildman–Crippen LogP) is 2.86. The van der Waals surface area contributed by atoms with Gasteiger partial charge in [0.15, 0.2) is 0 Å². The number of aromatic nitrogens is 2. The second-order valence-electron chi connectivity index (χ2n) is 6.89. The van der Waals surface area contributed by atoms with Crippen molar-refractivity contribution in [2.75, 3.05) is 16.8 Å². The van der Waals surface area contributed by atoms with Gasteiger partial charge in [-0.3, -0.25) is 0 Å². The number of aliphatic hydroxyl groups excluding tert-OH is 1. The Bertz CT molecular complexity index is 689. The van der Waals surface area contributed by atoms with Gasteiger partial charge in [-0.15, -0.1) is 0 Å². The molecule has 0 fully saturated rings. The standard InChI is InChI=1S/C19H26N4O/c1-13(2)17(11-24)22-18-9-19(21-12-20-18)23-10-16-7-5-4-6-15(16)8-14(23)3/h4-7,9,12-14,17,24H,8,10-11H2,1-3H3,(H,20,21,22)/t14-,17-/m1/s1. The lowest BCUT2D eigenvalue weighted by molar-refractivity contribution is 0.249. The maximum atomic E-state index is 9.51. The Hall–Kier alpha value is -2.14. The van der Waals surface area contributed by atoms with Gasteiger partial charge in [0, 0.05) is 18.7 Å². The van der Waals surface area contributed by atoms with Crippen LogP contribution < -0.4 is 10.2 Å². The lowest BCUT2D eigenvalue weighted by Gasteiger charge is -2.36. The van der Waals surface area contributed by atoms with E-state index in [9.17, 15) is 5.11 Å². The molecule has 0 bridgehead atoms. The molecule has 0 saturated heterocycles. The number of nitrogens with one attached hydrogen (secondary N) is 1.